The van der Waals surface area contributed by atoms with Crippen LogP contribution in [0.25, 0.3) is 5.69 Å². The molecule has 0 atom stereocenters. The van der Waals surface area contributed by atoms with E-state index in [4.69, 9.17) is 5.11 Å². The Morgan fingerprint density at radius 3 is 2.50 bits per heavy atom. The van der Waals surface area contributed by atoms with Crippen LogP contribution >= 0.6 is 0 Å². The van der Waals surface area contributed by atoms with Crippen molar-refractivity contribution in [1.29, 1.82) is 0 Å². The molecule has 2 rings (SSSR count). The summed E-state index contributed by atoms with van der Waals surface area (Å²) in [6.07, 6.45) is 0. The van der Waals surface area contributed by atoms with Gasteiger partial charge in [-0.3, -0.25) is 0 Å². The molecule has 1 heterocycles. The highest BCUT2D eigenvalue weighted by Crippen LogP contribution is 2.16. The van der Waals surface area contributed by atoms with Gasteiger partial charge in [-0.05, 0) is 44.0 Å². The van der Waals surface area contributed by atoms with E-state index in [1.807, 2.05) is 13.0 Å². The molecule has 0 saturated carbocycles. The number of aryl methyl sites for hydroxylation is 2. The molecule has 16 heavy (non-hydrogen) atoms. The molecule has 0 aliphatic rings. The molecule has 84 valence electrons. The van der Waals surface area contributed by atoms with Gasteiger partial charge in [-0.15, -0.1) is 5.10 Å². The first kappa shape index (κ1) is 10.8. The number of rotatable bonds is 2. The van der Waals surface area contributed by atoms with Gasteiger partial charge in [0.15, 0.2) is 0 Å². The van der Waals surface area contributed by atoms with Crippen molar-refractivity contribution in [3.8, 4) is 5.69 Å². The number of hydrogen-bond donors (Lipinski definition) is 1. The van der Waals surface area contributed by atoms with Crippen molar-refractivity contribution >= 4 is 0 Å². The molecule has 0 fully saturated rings. The van der Waals surface area contributed by atoms with E-state index in [9.17, 15) is 0 Å². The SMILES string of the molecule is Cc1ccc(-n2nnc(CO)c2C)cc1C. The van der Waals surface area contributed by atoms with Crippen molar-refractivity contribution in [1.82, 2.24) is 15.0 Å². The first-order chi connectivity index (χ1) is 7.63. The van der Waals surface area contributed by atoms with E-state index in [1.165, 1.54) is 11.1 Å². The van der Waals surface area contributed by atoms with Crippen LogP contribution < -0.4 is 0 Å². The van der Waals surface area contributed by atoms with Gasteiger partial charge in [-0.1, -0.05) is 11.3 Å². The average molecular weight is 217 g/mol. The zero-order chi connectivity index (χ0) is 11.7. The van der Waals surface area contributed by atoms with Crippen LogP contribution in [-0.2, 0) is 6.61 Å². The van der Waals surface area contributed by atoms with E-state index in [0.717, 1.165) is 11.4 Å². The van der Waals surface area contributed by atoms with E-state index < -0.39 is 0 Å². The third-order valence-electron chi connectivity index (χ3n) is 2.88. The second kappa shape index (κ2) is 4.06. The van der Waals surface area contributed by atoms with Crippen LogP contribution in [0.15, 0.2) is 18.2 Å². The summed E-state index contributed by atoms with van der Waals surface area (Å²) in [4.78, 5) is 0. The van der Waals surface area contributed by atoms with E-state index in [0.29, 0.717) is 5.69 Å². The molecule has 0 amide bonds. The Labute approximate surface area is 94.5 Å². The maximum absolute atomic E-state index is 9.06. The Morgan fingerprint density at radius 1 is 1.19 bits per heavy atom. The smallest absolute Gasteiger partial charge is 0.111 e. The summed E-state index contributed by atoms with van der Waals surface area (Å²) in [6, 6.07) is 6.13. The highest BCUT2D eigenvalue weighted by Gasteiger charge is 2.09. The summed E-state index contributed by atoms with van der Waals surface area (Å²) in [6.45, 7) is 5.97. The molecular weight excluding hydrogens is 202 g/mol. The van der Waals surface area contributed by atoms with Gasteiger partial charge in [0.05, 0.1) is 18.0 Å². The summed E-state index contributed by atoms with van der Waals surface area (Å²) >= 11 is 0. The summed E-state index contributed by atoms with van der Waals surface area (Å²) < 4.78 is 1.75. The van der Waals surface area contributed by atoms with Gasteiger partial charge in [0.2, 0.25) is 0 Å². The van der Waals surface area contributed by atoms with Gasteiger partial charge < -0.3 is 5.11 Å². The first-order valence-electron chi connectivity index (χ1n) is 5.23. The van der Waals surface area contributed by atoms with Gasteiger partial charge >= 0.3 is 0 Å². The number of aliphatic hydroxyl groups excluding tert-OH is 1. The number of benzene rings is 1. The molecule has 1 aromatic carbocycles. The molecular formula is C12H15N3O. The van der Waals surface area contributed by atoms with Crippen LogP contribution in [0, 0.1) is 20.8 Å². The maximum Gasteiger partial charge on any atom is 0.111 e. The fraction of sp³-hybridized carbons (Fsp3) is 0.333. The predicted octanol–water partition coefficient (Wildman–Crippen LogP) is 1.68. The third-order valence-corrected chi connectivity index (χ3v) is 2.88. The van der Waals surface area contributed by atoms with E-state index in [1.54, 1.807) is 4.68 Å². The average Bonchev–Trinajstić information content (AvgIpc) is 2.64. The van der Waals surface area contributed by atoms with Crippen molar-refractivity contribution in [2.75, 3.05) is 0 Å². The fourth-order valence-electron chi connectivity index (χ4n) is 1.61. The Balaban J connectivity index is 2.50. The Bertz CT molecular complexity index is 517. The molecule has 0 aliphatic heterocycles. The van der Waals surface area contributed by atoms with Crippen LogP contribution in [0.4, 0.5) is 0 Å². The van der Waals surface area contributed by atoms with E-state index >= 15 is 0 Å². The largest absolute Gasteiger partial charge is 0.390 e. The summed E-state index contributed by atoms with van der Waals surface area (Å²) in [5, 5.41) is 17.0. The lowest BCUT2D eigenvalue weighted by atomic mass is 10.1. The van der Waals surface area contributed by atoms with Gasteiger partial charge in [0, 0.05) is 0 Å². The number of aromatic nitrogens is 3. The monoisotopic (exact) mass is 217 g/mol. The zero-order valence-electron chi connectivity index (χ0n) is 9.73. The second-order valence-corrected chi connectivity index (χ2v) is 3.96. The van der Waals surface area contributed by atoms with Crippen LogP contribution in [-0.4, -0.2) is 20.1 Å². The molecule has 0 unspecified atom stereocenters. The molecule has 2 aromatic rings. The van der Waals surface area contributed by atoms with Gasteiger partial charge in [-0.25, -0.2) is 4.68 Å². The van der Waals surface area contributed by atoms with Gasteiger partial charge in [0.1, 0.15) is 5.69 Å². The Morgan fingerprint density at radius 2 is 1.94 bits per heavy atom. The predicted molar refractivity (Wildman–Crippen MR) is 61.5 cm³/mol. The van der Waals surface area contributed by atoms with Crippen LogP contribution in [0.5, 0.6) is 0 Å². The van der Waals surface area contributed by atoms with Crippen molar-refractivity contribution in [3.63, 3.8) is 0 Å². The number of hydrogen-bond acceptors (Lipinski definition) is 3. The van der Waals surface area contributed by atoms with Crippen molar-refractivity contribution < 1.29 is 5.11 Å². The molecule has 0 spiro atoms. The van der Waals surface area contributed by atoms with Crippen LogP contribution in [0.1, 0.15) is 22.5 Å². The molecule has 0 radical (unpaired) electrons. The van der Waals surface area contributed by atoms with Crippen molar-refractivity contribution in [2.24, 2.45) is 0 Å². The van der Waals surface area contributed by atoms with E-state index in [2.05, 4.69) is 36.3 Å². The lowest BCUT2D eigenvalue weighted by molar-refractivity contribution is 0.276. The normalized spacial score (nSPS) is 10.8. The molecule has 4 heteroatoms. The van der Waals surface area contributed by atoms with Crippen molar-refractivity contribution in [2.45, 2.75) is 27.4 Å². The molecule has 0 bridgehead atoms. The fourth-order valence-corrected chi connectivity index (χ4v) is 1.61. The summed E-state index contributed by atoms with van der Waals surface area (Å²) in [5.74, 6) is 0. The summed E-state index contributed by atoms with van der Waals surface area (Å²) in [7, 11) is 0. The van der Waals surface area contributed by atoms with Crippen molar-refractivity contribution in [3.05, 3.63) is 40.7 Å². The molecule has 1 N–H and O–H groups in total. The van der Waals surface area contributed by atoms with Gasteiger partial charge in [0.25, 0.3) is 0 Å². The lowest BCUT2D eigenvalue weighted by Gasteiger charge is -2.06. The number of aliphatic hydroxyl groups is 1. The molecule has 0 saturated heterocycles. The minimum Gasteiger partial charge on any atom is -0.390 e. The van der Waals surface area contributed by atoms with E-state index in [-0.39, 0.29) is 6.61 Å². The van der Waals surface area contributed by atoms with Gasteiger partial charge in [-0.2, -0.15) is 0 Å². The Kier molecular flexibility index (Phi) is 2.75. The Hall–Kier alpha value is -1.68. The number of nitrogens with zero attached hydrogens (tertiary/aromatic N) is 3. The van der Waals surface area contributed by atoms with Crippen LogP contribution in [0.2, 0.25) is 0 Å². The topological polar surface area (TPSA) is 50.9 Å². The molecule has 1 aromatic heterocycles. The lowest BCUT2D eigenvalue weighted by Crippen LogP contribution is -2.00. The quantitative estimate of drug-likeness (QED) is 0.832. The molecule has 4 nitrogen and oxygen atoms in total. The molecule has 0 aliphatic carbocycles. The summed E-state index contributed by atoms with van der Waals surface area (Å²) in [5.41, 5.74) is 4.96. The maximum atomic E-state index is 9.06. The highest BCUT2D eigenvalue weighted by molar-refractivity contribution is 5.40. The minimum absolute atomic E-state index is 0.0727. The highest BCUT2D eigenvalue weighted by atomic mass is 16.3. The second-order valence-electron chi connectivity index (χ2n) is 3.96. The third kappa shape index (κ3) is 1.72. The van der Waals surface area contributed by atoms with Crippen LogP contribution in [0.3, 0.4) is 0 Å². The zero-order valence-corrected chi connectivity index (χ0v) is 9.73. The standard InChI is InChI=1S/C12H15N3O/c1-8-4-5-11(6-9(8)2)15-10(3)12(7-16)13-14-15/h4-6,16H,7H2,1-3H3. The minimum atomic E-state index is -0.0727. The first-order valence-corrected chi connectivity index (χ1v) is 5.23.